The Morgan fingerprint density at radius 2 is 1.91 bits per heavy atom. The van der Waals surface area contributed by atoms with E-state index in [4.69, 9.17) is 4.42 Å². The van der Waals surface area contributed by atoms with Crippen molar-refractivity contribution in [3.05, 3.63) is 59.5 Å². The van der Waals surface area contributed by atoms with Gasteiger partial charge >= 0.3 is 5.97 Å². The number of hydrogen-bond acceptors (Lipinski definition) is 3. The van der Waals surface area contributed by atoms with Crippen molar-refractivity contribution in [3.63, 3.8) is 0 Å². The highest BCUT2D eigenvalue weighted by Crippen LogP contribution is 2.23. The molecule has 1 amide bonds. The molecule has 0 spiro atoms. The Balaban J connectivity index is 2.17. The second-order valence-electron chi connectivity index (χ2n) is 5.30. The highest BCUT2D eigenvalue weighted by molar-refractivity contribution is 5.95. The zero-order chi connectivity index (χ0) is 16.2. The lowest BCUT2D eigenvalue weighted by molar-refractivity contribution is -0.142. The topological polar surface area (TPSA) is 79.5 Å². The summed E-state index contributed by atoms with van der Waals surface area (Å²) >= 11 is 0. The fourth-order valence-electron chi connectivity index (χ4n) is 2.28. The molecule has 1 aromatic carbocycles. The maximum atomic E-state index is 12.2. The Hall–Kier alpha value is -2.56. The van der Waals surface area contributed by atoms with Gasteiger partial charge in [-0.15, -0.1) is 0 Å². The highest BCUT2D eigenvalue weighted by atomic mass is 16.4. The van der Waals surface area contributed by atoms with Gasteiger partial charge < -0.3 is 14.8 Å². The average molecular weight is 301 g/mol. The van der Waals surface area contributed by atoms with Crippen molar-refractivity contribution in [2.45, 2.75) is 25.7 Å². The molecule has 2 rings (SSSR count). The van der Waals surface area contributed by atoms with Crippen molar-refractivity contribution in [2.75, 3.05) is 6.54 Å². The van der Waals surface area contributed by atoms with Crippen LogP contribution in [0.15, 0.2) is 47.1 Å². The summed E-state index contributed by atoms with van der Waals surface area (Å²) in [6.07, 6.45) is 2.06. The molecule has 1 aromatic heterocycles. The smallest absolute Gasteiger partial charge is 0.315 e. The molecule has 0 saturated heterocycles. The van der Waals surface area contributed by atoms with Gasteiger partial charge in [-0.05, 0) is 18.6 Å². The summed E-state index contributed by atoms with van der Waals surface area (Å²) in [5, 5.41) is 12.3. The molecule has 2 aromatic rings. The number of hydrogen-bond donors (Lipinski definition) is 2. The van der Waals surface area contributed by atoms with Crippen molar-refractivity contribution < 1.29 is 19.1 Å². The zero-order valence-corrected chi connectivity index (χ0v) is 12.6. The third-order valence-corrected chi connectivity index (χ3v) is 3.80. The van der Waals surface area contributed by atoms with Gasteiger partial charge in [0.2, 0.25) is 0 Å². The van der Waals surface area contributed by atoms with Crippen LogP contribution in [0.2, 0.25) is 0 Å². The second-order valence-corrected chi connectivity index (χ2v) is 5.30. The molecular weight excluding hydrogens is 282 g/mol. The van der Waals surface area contributed by atoms with Gasteiger partial charge in [-0.2, -0.15) is 0 Å². The van der Waals surface area contributed by atoms with E-state index in [1.54, 1.807) is 37.3 Å². The first-order chi connectivity index (χ1) is 10.5. The number of aliphatic carboxylic acids is 1. The van der Waals surface area contributed by atoms with Crippen LogP contribution in [0.1, 0.15) is 35.5 Å². The van der Waals surface area contributed by atoms with Gasteiger partial charge in [0.15, 0.2) is 0 Å². The SMILES string of the molecule is CCc1occc1C(=O)NCC(C)(C(=O)O)c1ccccc1. The molecule has 5 heteroatoms. The van der Waals surface area contributed by atoms with Gasteiger partial charge in [0.1, 0.15) is 11.2 Å². The number of carboxylic acids is 1. The molecular formula is C17H19NO4. The lowest BCUT2D eigenvalue weighted by Gasteiger charge is -2.25. The number of carbonyl (C=O) groups excluding carboxylic acids is 1. The molecule has 0 saturated carbocycles. The molecule has 0 aliphatic carbocycles. The number of carboxylic acid groups (broad SMARTS) is 1. The van der Waals surface area contributed by atoms with E-state index < -0.39 is 11.4 Å². The van der Waals surface area contributed by atoms with Crippen molar-refractivity contribution in [3.8, 4) is 0 Å². The lowest BCUT2D eigenvalue weighted by Crippen LogP contribution is -2.44. The standard InChI is InChI=1S/C17H19NO4/c1-3-14-13(9-10-22-14)15(19)18-11-17(2,16(20)21)12-7-5-4-6-8-12/h4-10H,3,11H2,1-2H3,(H,18,19)(H,20,21). The Kier molecular flexibility index (Phi) is 4.65. The van der Waals surface area contributed by atoms with E-state index in [1.165, 1.54) is 6.26 Å². The van der Waals surface area contributed by atoms with Gasteiger partial charge in [0, 0.05) is 13.0 Å². The quantitative estimate of drug-likeness (QED) is 0.859. The number of aryl methyl sites for hydroxylation is 1. The van der Waals surface area contributed by atoms with Gasteiger partial charge in [-0.3, -0.25) is 9.59 Å². The number of carbonyl (C=O) groups is 2. The Morgan fingerprint density at radius 1 is 1.23 bits per heavy atom. The molecule has 0 aliphatic heterocycles. The Labute approximate surface area is 129 Å². The van der Waals surface area contributed by atoms with E-state index in [9.17, 15) is 14.7 Å². The first-order valence-electron chi connectivity index (χ1n) is 7.12. The largest absolute Gasteiger partial charge is 0.481 e. The number of furan rings is 1. The summed E-state index contributed by atoms with van der Waals surface area (Å²) in [5.74, 6) is -0.717. The molecule has 1 heterocycles. The van der Waals surface area contributed by atoms with Crippen LogP contribution in [0, 0.1) is 0 Å². The van der Waals surface area contributed by atoms with Crippen molar-refractivity contribution in [2.24, 2.45) is 0 Å². The van der Waals surface area contributed by atoms with Crippen molar-refractivity contribution in [1.29, 1.82) is 0 Å². The maximum Gasteiger partial charge on any atom is 0.315 e. The third kappa shape index (κ3) is 3.03. The van der Waals surface area contributed by atoms with E-state index in [0.717, 1.165) is 0 Å². The van der Waals surface area contributed by atoms with Crippen LogP contribution in [-0.4, -0.2) is 23.5 Å². The first-order valence-corrected chi connectivity index (χ1v) is 7.12. The minimum absolute atomic E-state index is 0.000482. The molecule has 116 valence electrons. The van der Waals surface area contributed by atoms with Crippen molar-refractivity contribution in [1.82, 2.24) is 5.32 Å². The van der Waals surface area contributed by atoms with E-state index >= 15 is 0 Å². The monoisotopic (exact) mass is 301 g/mol. The van der Waals surface area contributed by atoms with Crippen LogP contribution in [0.5, 0.6) is 0 Å². The average Bonchev–Trinajstić information content (AvgIpc) is 3.01. The predicted octanol–water partition coefficient (Wildman–Crippen LogP) is 2.61. The second kappa shape index (κ2) is 6.47. The van der Waals surface area contributed by atoms with Crippen LogP contribution in [-0.2, 0) is 16.6 Å². The minimum atomic E-state index is -1.19. The van der Waals surface area contributed by atoms with Crippen LogP contribution in [0.3, 0.4) is 0 Å². The van der Waals surface area contributed by atoms with E-state index in [-0.39, 0.29) is 12.5 Å². The molecule has 22 heavy (non-hydrogen) atoms. The molecule has 0 radical (unpaired) electrons. The normalized spacial score (nSPS) is 13.4. The fraction of sp³-hybridized carbons (Fsp3) is 0.294. The maximum absolute atomic E-state index is 12.2. The van der Waals surface area contributed by atoms with E-state index in [2.05, 4.69) is 5.32 Å². The van der Waals surface area contributed by atoms with Gasteiger partial charge in [-0.1, -0.05) is 37.3 Å². The molecule has 0 bridgehead atoms. The molecule has 5 nitrogen and oxygen atoms in total. The summed E-state index contributed by atoms with van der Waals surface area (Å²) < 4.78 is 5.22. The first kappa shape index (κ1) is 15.8. The summed E-state index contributed by atoms with van der Waals surface area (Å²) in [7, 11) is 0. The summed E-state index contributed by atoms with van der Waals surface area (Å²) in [5.41, 5.74) is -0.0958. The van der Waals surface area contributed by atoms with Crippen LogP contribution < -0.4 is 5.32 Å². The molecule has 1 atom stereocenters. The predicted molar refractivity (Wildman–Crippen MR) is 81.8 cm³/mol. The summed E-state index contributed by atoms with van der Waals surface area (Å²) in [6, 6.07) is 10.5. The molecule has 1 unspecified atom stereocenters. The number of amides is 1. The fourth-order valence-corrected chi connectivity index (χ4v) is 2.28. The van der Waals surface area contributed by atoms with Gasteiger partial charge in [0.25, 0.3) is 5.91 Å². The number of rotatable bonds is 6. The third-order valence-electron chi connectivity index (χ3n) is 3.80. The van der Waals surface area contributed by atoms with Crippen LogP contribution in [0.4, 0.5) is 0 Å². The summed E-state index contributed by atoms with van der Waals surface area (Å²) in [6.45, 7) is 3.49. The lowest BCUT2D eigenvalue weighted by atomic mass is 9.82. The Bertz CT molecular complexity index is 662. The number of nitrogens with one attached hydrogen (secondary N) is 1. The zero-order valence-electron chi connectivity index (χ0n) is 12.6. The van der Waals surface area contributed by atoms with E-state index in [1.807, 2.05) is 13.0 Å². The molecule has 2 N–H and O–H groups in total. The van der Waals surface area contributed by atoms with Crippen LogP contribution >= 0.6 is 0 Å². The molecule has 0 aliphatic rings. The summed E-state index contributed by atoms with van der Waals surface area (Å²) in [4.78, 5) is 23.9. The molecule has 0 fully saturated rings. The van der Waals surface area contributed by atoms with Crippen LogP contribution in [0.25, 0.3) is 0 Å². The minimum Gasteiger partial charge on any atom is -0.481 e. The van der Waals surface area contributed by atoms with Gasteiger partial charge in [-0.25, -0.2) is 0 Å². The van der Waals surface area contributed by atoms with Gasteiger partial charge in [0.05, 0.1) is 11.8 Å². The number of benzene rings is 1. The van der Waals surface area contributed by atoms with E-state index in [0.29, 0.717) is 23.3 Å². The highest BCUT2D eigenvalue weighted by Gasteiger charge is 2.35. The Morgan fingerprint density at radius 3 is 2.50 bits per heavy atom. The van der Waals surface area contributed by atoms with Crippen molar-refractivity contribution >= 4 is 11.9 Å².